The smallest absolute Gasteiger partial charge is 0.0813 e. The van der Waals surface area contributed by atoms with Crippen molar-refractivity contribution in [2.75, 3.05) is 20.8 Å². The van der Waals surface area contributed by atoms with E-state index in [2.05, 4.69) is 0 Å². The van der Waals surface area contributed by atoms with Gasteiger partial charge in [-0.3, -0.25) is 0 Å². The molecule has 0 aliphatic carbocycles. The Morgan fingerprint density at radius 2 is 1.93 bits per heavy atom. The van der Waals surface area contributed by atoms with Gasteiger partial charge in [0, 0.05) is 20.6 Å². The van der Waals surface area contributed by atoms with Crippen LogP contribution in [0.5, 0.6) is 0 Å². The molecule has 1 N–H and O–H groups in total. The van der Waals surface area contributed by atoms with Crippen LogP contribution < -0.4 is 0 Å². The Kier molecular flexibility index (Phi) is 5.32. The molecular weight excluding hydrogens is 192 g/mol. The molecule has 0 saturated carbocycles. The molecule has 0 bridgehead atoms. The Bertz CT molecular complexity index is 286. The predicted molar refractivity (Wildman–Crippen MR) is 58.7 cm³/mol. The van der Waals surface area contributed by atoms with Crippen LogP contribution in [0.25, 0.3) is 0 Å². The van der Waals surface area contributed by atoms with Crippen molar-refractivity contribution in [1.82, 2.24) is 0 Å². The maximum atomic E-state index is 9.57. The molecule has 0 aliphatic heterocycles. The van der Waals surface area contributed by atoms with E-state index in [9.17, 15) is 5.11 Å². The molecule has 0 unspecified atom stereocenters. The highest BCUT2D eigenvalue weighted by Gasteiger charge is 2.05. The normalized spacial score (nSPS) is 12.7. The van der Waals surface area contributed by atoms with Gasteiger partial charge in [0.15, 0.2) is 0 Å². The molecule has 0 radical (unpaired) electrons. The van der Waals surface area contributed by atoms with Crippen molar-refractivity contribution in [3.8, 4) is 0 Å². The molecule has 1 rings (SSSR count). The first kappa shape index (κ1) is 12.2. The molecule has 15 heavy (non-hydrogen) atoms. The molecule has 1 aromatic carbocycles. The van der Waals surface area contributed by atoms with Crippen LogP contribution in [0.1, 0.15) is 11.1 Å². The number of hydrogen-bond acceptors (Lipinski definition) is 3. The van der Waals surface area contributed by atoms with E-state index in [1.165, 1.54) is 0 Å². The van der Waals surface area contributed by atoms with Crippen molar-refractivity contribution in [3.63, 3.8) is 0 Å². The van der Waals surface area contributed by atoms with Crippen molar-refractivity contribution in [1.29, 1.82) is 0 Å². The van der Waals surface area contributed by atoms with Gasteiger partial charge in [-0.15, -0.1) is 0 Å². The van der Waals surface area contributed by atoms with Gasteiger partial charge in [0.2, 0.25) is 0 Å². The van der Waals surface area contributed by atoms with E-state index >= 15 is 0 Å². The van der Waals surface area contributed by atoms with Crippen LogP contribution >= 0.6 is 0 Å². The summed E-state index contributed by atoms with van der Waals surface area (Å²) in [6, 6.07) is 8.03. The molecular formula is C12H18O3. The van der Waals surface area contributed by atoms with Gasteiger partial charge in [0.1, 0.15) is 0 Å². The van der Waals surface area contributed by atoms with Crippen molar-refractivity contribution < 1.29 is 14.6 Å². The van der Waals surface area contributed by atoms with Gasteiger partial charge in [0.05, 0.1) is 19.3 Å². The maximum absolute atomic E-state index is 9.57. The Hall–Kier alpha value is -0.900. The Morgan fingerprint density at radius 1 is 1.20 bits per heavy atom. The fraction of sp³-hybridized carbons (Fsp3) is 0.500. The third-order valence-corrected chi connectivity index (χ3v) is 2.13. The zero-order valence-electron chi connectivity index (χ0n) is 9.27. The van der Waals surface area contributed by atoms with Gasteiger partial charge in [-0.25, -0.2) is 0 Å². The van der Waals surface area contributed by atoms with Crippen LogP contribution in [-0.2, 0) is 22.5 Å². The number of hydrogen-bond donors (Lipinski definition) is 1. The van der Waals surface area contributed by atoms with Gasteiger partial charge in [-0.05, 0) is 11.1 Å². The minimum atomic E-state index is -0.437. The summed E-state index contributed by atoms with van der Waals surface area (Å²) in [5.74, 6) is 0. The Balaban J connectivity index is 2.56. The highest BCUT2D eigenvalue weighted by atomic mass is 16.5. The summed E-state index contributed by atoms with van der Waals surface area (Å²) in [4.78, 5) is 0. The standard InChI is InChI=1S/C12H18O3/c1-14-8-11-5-3-4-10(6-11)7-12(13)9-15-2/h3-6,12-13H,7-9H2,1-2H3/t12-/m0/s1. The first-order valence-corrected chi connectivity index (χ1v) is 5.00. The number of ether oxygens (including phenoxy) is 2. The minimum Gasteiger partial charge on any atom is -0.390 e. The quantitative estimate of drug-likeness (QED) is 0.771. The lowest BCUT2D eigenvalue weighted by Crippen LogP contribution is -2.16. The minimum absolute atomic E-state index is 0.370. The van der Waals surface area contributed by atoms with E-state index < -0.39 is 6.10 Å². The van der Waals surface area contributed by atoms with Crippen molar-refractivity contribution >= 4 is 0 Å². The summed E-state index contributed by atoms with van der Waals surface area (Å²) in [6.45, 7) is 0.975. The molecule has 1 aromatic rings. The van der Waals surface area contributed by atoms with E-state index in [1.807, 2.05) is 24.3 Å². The fourth-order valence-electron chi connectivity index (χ4n) is 1.54. The Morgan fingerprint density at radius 3 is 2.60 bits per heavy atom. The fourth-order valence-corrected chi connectivity index (χ4v) is 1.54. The molecule has 0 amide bonds. The number of aliphatic hydroxyl groups excluding tert-OH is 1. The first-order valence-electron chi connectivity index (χ1n) is 5.00. The lowest BCUT2D eigenvalue weighted by molar-refractivity contribution is 0.0650. The van der Waals surface area contributed by atoms with Crippen molar-refractivity contribution in [3.05, 3.63) is 35.4 Å². The summed E-state index contributed by atoms with van der Waals surface area (Å²) < 4.78 is 9.93. The second-order valence-electron chi connectivity index (χ2n) is 3.57. The van der Waals surface area contributed by atoms with Crippen LogP contribution in [0.3, 0.4) is 0 Å². The third kappa shape index (κ3) is 4.42. The topological polar surface area (TPSA) is 38.7 Å². The van der Waals surface area contributed by atoms with E-state index in [0.717, 1.165) is 11.1 Å². The number of methoxy groups -OCH3 is 2. The zero-order valence-corrected chi connectivity index (χ0v) is 9.27. The average molecular weight is 210 g/mol. The summed E-state index contributed by atoms with van der Waals surface area (Å²) >= 11 is 0. The molecule has 0 saturated heterocycles. The highest BCUT2D eigenvalue weighted by Crippen LogP contribution is 2.08. The molecule has 1 atom stereocenters. The summed E-state index contributed by atoms with van der Waals surface area (Å²) in [6.07, 6.45) is 0.179. The summed E-state index contributed by atoms with van der Waals surface area (Å²) in [7, 11) is 3.26. The number of benzene rings is 1. The van der Waals surface area contributed by atoms with Gasteiger partial charge in [-0.1, -0.05) is 24.3 Å². The van der Waals surface area contributed by atoms with Gasteiger partial charge < -0.3 is 14.6 Å². The SMILES string of the molecule is COCc1cccc(C[C@H](O)COC)c1. The molecule has 0 aromatic heterocycles. The third-order valence-electron chi connectivity index (χ3n) is 2.13. The molecule has 0 fully saturated rings. The van der Waals surface area contributed by atoms with E-state index in [4.69, 9.17) is 9.47 Å². The molecule has 0 heterocycles. The van der Waals surface area contributed by atoms with Crippen LogP contribution in [-0.4, -0.2) is 32.0 Å². The van der Waals surface area contributed by atoms with Crippen LogP contribution in [0.15, 0.2) is 24.3 Å². The van der Waals surface area contributed by atoms with Gasteiger partial charge in [0.25, 0.3) is 0 Å². The van der Waals surface area contributed by atoms with Gasteiger partial charge in [-0.2, -0.15) is 0 Å². The number of rotatable bonds is 6. The van der Waals surface area contributed by atoms with E-state index in [0.29, 0.717) is 19.6 Å². The molecule has 84 valence electrons. The van der Waals surface area contributed by atoms with E-state index in [1.54, 1.807) is 14.2 Å². The largest absolute Gasteiger partial charge is 0.390 e. The van der Waals surface area contributed by atoms with Crippen molar-refractivity contribution in [2.45, 2.75) is 19.1 Å². The van der Waals surface area contributed by atoms with Crippen LogP contribution in [0.2, 0.25) is 0 Å². The predicted octanol–water partition coefficient (Wildman–Crippen LogP) is 1.38. The monoisotopic (exact) mass is 210 g/mol. The second kappa shape index (κ2) is 6.56. The lowest BCUT2D eigenvalue weighted by Gasteiger charge is -2.10. The average Bonchev–Trinajstić information content (AvgIpc) is 2.19. The van der Waals surface area contributed by atoms with Crippen LogP contribution in [0, 0.1) is 0 Å². The van der Waals surface area contributed by atoms with Crippen LogP contribution in [0.4, 0.5) is 0 Å². The maximum Gasteiger partial charge on any atom is 0.0813 e. The van der Waals surface area contributed by atoms with Gasteiger partial charge >= 0.3 is 0 Å². The molecule has 0 spiro atoms. The van der Waals surface area contributed by atoms with Crippen molar-refractivity contribution in [2.24, 2.45) is 0 Å². The lowest BCUT2D eigenvalue weighted by atomic mass is 10.1. The highest BCUT2D eigenvalue weighted by molar-refractivity contribution is 5.23. The first-order chi connectivity index (χ1) is 7.26. The number of aliphatic hydroxyl groups is 1. The molecule has 0 aliphatic rings. The Labute approximate surface area is 90.6 Å². The zero-order chi connectivity index (χ0) is 11.1. The molecule has 3 nitrogen and oxygen atoms in total. The summed E-state index contributed by atoms with van der Waals surface area (Å²) in [5.41, 5.74) is 2.23. The summed E-state index contributed by atoms with van der Waals surface area (Å²) in [5, 5.41) is 9.57. The molecule has 3 heteroatoms. The van der Waals surface area contributed by atoms with E-state index in [-0.39, 0.29) is 0 Å². The second-order valence-corrected chi connectivity index (χ2v) is 3.57.